The van der Waals surface area contributed by atoms with Gasteiger partial charge in [-0.1, -0.05) is 24.3 Å². The zero-order chi connectivity index (χ0) is 12.4. The number of benzene rings is 1. The van der Waals surface area contributed by atoms with Crippen LogP contribution in [0.1, 0.15) is 17.2 Å². The van der Waals surface area contributed by atoms with Crippen molar-refractivity contribution in [2.45, 2.75) is 6.10 Å². The van der Waals surface area contributed by atoms with E-state index in [1.54, 1.807) is 24.7 Å². The fourth-order valence-corrected chi connectivity index (χ4v) is 1.99. The summed E-state index contributed by atoms with van der Waals surface area (Å²) in [5, 5.41) is 18.9. The van der Waals surface area contributed by atoms with Crippen LogP contribution in [0, 0.1) is 0 Å². The molecule has 88 valence electrons. The van der Waals surface area contributed by atoms with Crippen molar-refractivity contribution < 1.29 is 5.11 Å². The van der Waals surface area contributed by atoms with Gasteiger partial charge in [0.15, 0.2) is 0 Å². The van der Waals surface area contributed by atoms with Crippen molar-refractivity contribution in [1.29, 1.82) is 0 Å². The Bertz CT molecular complexity index is 665. The Morgan fingerprint density at radius 1 is 0.944 bits per heavy atom. The van der Waals surface area contributed by atoms with Gasteiger partial charge in [0.05, 0.1) is 11.7 Å². The monoisotopic (exact) mass is 237 g/mol. The van der Waals surface area contributed by atoms with Gasteiger partial charge < -0.3 is 5.11 Å². The molecule has 18 heavy (non-hydrogen) atoms. The van der Waals surface area contributed by atoms with E-state index in [0.717, 1.165) is 16.5 Å². The Balaban J connectivity index is 2.15. The first kappa shape index (κ1) is 10.8. The summed E-state index contributed by atoms with van der Waals surface area (Å²) >= 11 is 0. The summed E-state index contributed by atoms with van der Waals surface area (Å²) < 4.78 is 0. The Labute approximate surface area is 104 Å². The van der Waals surface area contributed by atoms with E-state index in [2.05, 4.69) is 15.2 Å². The predicted octanol–water partition coefficient (Wildman–Crippen LogP) is 2.11. The summed E-state index contributed by atoms with van der Waals surface area (Å²) in [6.07, 6.45) is 4.12. The third-order valence-corrected chi connectivity index (χ3v) is 2.88. The van der Waals surface area contributed by atoms with Crippen LogP contribution in [0.4, 0.5) is 0 Å². The summed E-state index contributed by atoms with van der Waals surface area (Å²) in [6.45, 7) is 0. The average Bonchev–Trinajstić information content (AvgIpc) is 2.47. The fourth-order valence-electron chi connectivity index (χ4n) is 1.99. The molecule has 0 spiro atoms. The van der Waals surface area contributed by atoms with Gasteiger partial charge in [-0.15, -0.1) is 0 Å². The third kappa shape index (κ3) is 1.83. The minimum atomic E-state index is -0.737. The summed E-state index contributed by atoms with van der Waals surface area (Å²) in [4.78, 5) is 4.33. The first-order valence-electron chi connectivity index (χ1n) is 5.64. The maximum atomic E-state index is 10.4. The fraction of sp³-hybridized carbons (Fsp3) is 0.0714. The van der Waals surface area contributed by atoms with Gasteiger partial charge in [0, 0.05) is 28.9 Å². The topological polar surface area (TPSA) is 58.9 Å². The lowest BCUT2D eigenvalue weighted by molar-refractivity contribution is 0.221. The third-order valence-electron chi connectivity index (χ3n) is 2.88. The minimum absolute atomic E-state index is 0.711. The van der Waals surface area contributed by atoms with Gasteiger partial charge in [-0.3, -0.25) is 4.98 Å². The Kier molecular flexibility index (Phi) is 2.70. The zero-order valence-electron chi connectivity index (χ0n) is 9.56. The lowest BCUT2D eigenvalue weighted by Crippen LogP contribution is -2.02. The maximum absolute atomic E-state index is 10.4. The zero-order valence-corrected chi connectivity index (χ0v) is 9.56. The Morgan fingerprint density at radius 2 is 1.83 bits per heavy atom. The molecule has 1 N–H and O–H groups in total. The summed E-state index contributed by atoms with van der Waals surface area (Å²) in [7, 11) is 0. The molecule has 0 aliphatic carbocycles. The van der Waals surface area contributed by atoms with Gasteiger partial charge in [0.2, 0.25) is 0 Å². The number of aromatic nitrogens is 3. The van der Waals surface area contributed by atoms with Crippen LogP contribution in [0.25, 0.3) is 10.9 Å². The average molecular weight is 237 g/mol. The van der Waals surface area contributed by atoms with Crippen molar-refractivity contribution in [1.82, 2.24) is 15.2 Å². The van der Waals surface area contributed by atoms with Gasteiger partial charge in [0.25, 0.3) is 0 Å². The Hall–Kier alpha value is -2.33. The van der Waals surface area contributed by atoms with Gasteiger partial charge in [-0.05, 0) is 12.1 Å². The van der Waals surface area contributed by atoms with Crippen LogP contribution in [-0.2, 0) is 0 Å². The first-order valence-corrected chi connectivity index (χ1v) is 5.64. The molecule has 1 atom stereocenters. The SMILES string of the molecule is OC(c1ccnnc1)c1cccc2cccnc12. The first-order chi connectivity index (χ1) is 8.86. The molecule has 1 aromatic carbocycles. The van der Waals surface area contributed by atoms with Gasteiger partial charge in [-0.2, -0.15) is 10.2 Å². The second-order valence-corrected chi connectivity index (χ2v) is 4.00. The second kappa shape index (κ2) is 4.50. The minimum Gasteiger partial charge on any atom is -0.384 e. The number of fused-ring (bicyclic) bond motifs is 1. The van der Waals surface area contributed by atoms with Crippen LogP contribution >= 0.6 is 0 Å². The summed E-state index contributed by atoms with van der Waals surface area (Å²) in [6, 6.07) is 11.4. The molecule has 3 rings (SSSR count). The number of hydrogen-bond acceptors (Lipinski definition) is 4. The van der Waals surface area contributed by atoms with Crippen LogP contribution in [0.5, 0.6) is 0 Å². The van der Waals surface area contributed by atoms with E-state index >= 15 is 0 Å². The molecule has 0 fully saturated rings. The highest BCUT2D eigenvalue weighted by Crippen LogP contribution is 2.26. The van der Waals surface area contributed by atoms with Crippen LogP contribution in [0.3, 0.4) is 0 Å². The number of pyridine rings is 1. The van der Waals surface area contributed by atoms with E-state index in [0.29, 0.717) is 5.56 Å². The summed E-state index contributed by atoms with van der Waals surface area (Å²) in [5.74, 6) is 0. The van der Waals surface area contributed by atoms with Crippen LogP contribution in [0.15, 0.2) is 55.0 Å². The van der Waals surface area contributed by atoms with Gasteiger partial charge >= 0.3 is 0 Å². The standard InChI is InChI=1S/C14H11N3O/c18-14(11-6-8-16-17-9-11)12-5-1-3-10-4-2-7-15-13(10)12/h1-9,14,18H. The number of nitrogens with zero attached hydrogens (tertiary/aromatic N) is 3. The number of para-hydroxylation sites is 1. The number of aliphatic hydroxyl groups excluding tert-OH is 1. The molecule has 0 aliphatic rings. The van der Waals surface area contributed by atoms with Crippen LogP contribution in [0.2, 0.25) is 0 Å². The van der Waals surface area contributed by atoms with Crippen molar-refractivity contribution in [2.75, 3.05) is 0 Å². The number of rotatable bonds is 2. The van der Waals surface area contributed by atoms with Crippen molar-refractivity contribution in [3.8, 4) is 0 Å². The molecule has 0 amide bonds. The molecule has 0 bridgehead atoms. The van der Waals surface area contributed by atoms with Crippen molar-refractivity contribution in [3.63, 3.8) is 0 Å². The molecule has 0 aliphatic heterocycles. The maximum Gasteiger partial charge on any atom is 0.108 e. The van der Waals surface area contributed by atoms with Crippen LogP contribution < -0.4 is 0 Å². The molecule has 2 aromatic heterocycles. The lowest BCUT2D eigenvalue weighted by atomic mass is 10.0. The highest BCUT2D eigenvalue weighted by atomic mass is 16.3. The van der Waals surface area contributed by atoms with E-state index < -0.39 is 6.10 Å². The predicted molar refractivity (Wildman–Crippen MR) is 67.8 cm³/mol. The van der Waals surface area contributed by atoms with E-state index in [-0.39, 0.29) is 0 Å². The van der Waals surface area contributed by atoms with E-state index in [1.807, 2.05) is 30.3 Å². The molecule has 0 saturated carbocycles. The number of hydrogen-bond donors (Lipinski definition) is 1. The molecule has 4 nitrogen and oxygen atoms in total. The molecule has 2 heterocycles. The molecule has 4 heteroatoms. The molecule has 1 unspecified atom stereocenters. The highest BCUT2D eigenvalue weighted by Gasteiger charge is 2.14. The van der Waals surface area contributed by atoms with Crippen molar-refractivity contribution in [3.05, 3.63) is 66.1 Å². The molecule has 0 saturated heterocycles. The van der Waals surface area contributed by atoms with E-state index in [1.165, 1.54) is 0 Å². The van der Waals surface area contributed by atoms with Gasteiger partial charge in [-0.25, -0.2) is 0 Å². The molecular weight excluding hydrogens is 226 g/mol. The smallest absolute Gasteiger partial charge is 0.108 e. The largest absolute Gasteiger partial charge is 0.384 e. The molecule has 0 radical (unpaired) electrons. The van der Waals surface area contributed by atoms with E-state index in [9.17, 15) is 5.11 Å². The van der Waals surface area contributed by atoms with E-state index in [4.69, 9.17) is 0 Å². The highest BCUT2D eigenvalue weighted by molar-refractivity contribution is 5.82. The normalized spacial score (nSPS) is 12.5. The van der Waals surface area contributed by atoms with Crippen molar-refractivity contribution in [2.24, 2.45) is 0 Å². The van der Waals surface area contributed by atoms with Gasteiger partial charge in [0.1, 0.15) is 6.10 Å². The molecular formula is C14H11N3O. The molecule has 3 aromatic rings. The second-order valence-electron chi connectivity index (χ2n) is 4.00. The quantitative estimate of drug-likeness (QED) is 0.741. The lowest BCUT2D eigenvalue weighted by Gasteiger charge is -2.12. The number of aliphatic hydroxyl groups is 1. The summed E-state index contributed by atoms with van der Waals surface area (Å²) in [5.41, 5.74) is 2.30. The van der Waals surface area contributed by atoms with Crippen molar-refractivity contribution >= 4 is 10.9 Å². The Morgan fingerprint density at radius 3 is 2.67 bits per heavy atom. The van der Waals surface area contributed by atoms with Crippen LogP contribution in [-0.4, -0.2) is 20.3 Å².